The van der Waals surface area contributed by atoms with Crippen LogP contribution < -0.4 is 9.47 Å². The lowest BCUT2D eigenvalue weighted by Crippen LogP contribution is -2.54. The van der Waals surface area contributed by atoms with Crippen molar-refractivity contribution in [1.82, 2.24) is 0 Å². The van der Waals surface area contributed by atoms with Crippen molar-refractivity contribution in [2.45, 2.75) is 37.8 Å². The standard InChI is InChI=1S/C25H30F2NO2/c1-28(2)19-7-8-20(28)12-16(11-19)13-21(22-14-17(26)5-9-24(22)29-3)23-15-18(27)6-10-25(23)30-4/h5-6,9-10,13-16,19-20H,7-8,11-12H2,1-4H3/q+1. The van der Waals surface area contributed by atoms with E-state index in [0.29, 0.717) is 40.6 Å². The topological polar surface area (TPSA) is 18.5 Å². The number of allylic oxidation sites excluding steroid dienone is 1. The number of methoxy groups -OCH3 is 2. The van der Waals surface area contributed by atoms with E-state index in [-0.39, 0.29) is 11.6 Å². The number of piperidine rings is 1. The molecular formula is C25H30F2NO2+. The second kappa shape index (κ2) is 8.03. The third-order valence-electron chi connectivity index (χ3n) is 7.17. The van der Waals surface area contributed by atoms with Gasteiger partial charge < -0.3 is 14.0 Å². The Morgan fingerprint density at radius 1 is 0.867 bits per heavy atom. The van der Waals surface area contributed by atoms with E-state index in [4.69, 9.17) is 9.47 Å². The molecule has 4 rings (SSSR count). The third-order valence-corrected chi connectivity index (χ3v) is 7.17. The Morgan fingerprint density at radius 2 is 1.33 bits per heavy atom. The van der Waals surface area contributed by atoms with Crippen molar-refractivity contribution < 1.29 is 22.7 Å². The highest BCUT2D eigenvalue weighted by Gasteiger charge is 2.48. The summed E-state index contributed by atoms with van der Waals surface area (Å²) in [6.07, 6.45) is 6.82. The highest BCUT2D eigenvalue weighted by Crippen LogP contribution is 2.45. The molecular weight excluding hydrogens is 384 g/mol. The van der Waals surface area contributed by atoms with E-state index in [9.17, 15) is 8.78 Å². The van der Waals surface area contributed by atoms with Gasteiger partial charge in [-0.2, -0.15) is 0 Å². The normalized spacial score (nSPS) is 24.4. The van der Waals surface area contributed by atoms with Crippen LogP contribution in [0.15, 0.2) is 42.5 Å². The van der Waals surface area contributed by atoms with Crippen LogP contribution in [0.5, 0.6) is 11.5 Å². The summed E-state index contributed by atoms with van der Waals surface area (Å²) >= 11 is 0. The summed E-state index contributed by atoms with van der Waals surface area (Å²) < 4.78 is 40.6. The number of fused-ring (bicyclic) bond motifs is 2. The number of hydrogen-bond donors (Lipinski definition) is 0. The lowest BCUT2D eigenvalue weighted by atomic mass is 9.84. The molecule has 2 heterocycles. The molecule has 2 bridgehead atoms. The molecule has 2 unspecified atom stereocenters. The first-order chi connectivity index (χ1) is 14.3. The maximum atomic E-state index is 14.2. The predicted molar refractivity (Wildman–Crippen MR) is 115 cm³/mol. The second-order valence-corrected chi connectivity index (χ2v) is 9.02. The monoisotopic (exact) mass is 414 g/mol. The highest BCUT2D eigenvalue weighted by atomic mass is 19.1. The Bertz CT molecular complexity index is 898. The minimum absolute atomic E-state index is 0.338. The Labute approximate surface area is 177 Å². The Morgan fingerprint density at radius 3 is 1.77 bits per heavy atom. The lowest BCUT2D eigenvalue weighted by molar-refractivity contribution is -0.931. The Balaban J connectivity index is 1.85. The van der Waals surface area contributed by atoms with Crippen molar-refractivity contribution >= 4 is 5.57 Å². The number of nitrogens with zero attached hydrogens (tertiary/aromatic N) is 1. The molecule has 0 aromatic heterocycles. The maximum absolute atomic E-state index is 14.2. The fraction of sp³-hybridized carbons (Fsp3) is 0.440. The van der Waals surface area contributed by atoms with Gasteiger partial charge in [-0.3, -0.25) is 0 Å². The summed E-state index contributed by atoms with van der Waals surface area (Å²) in [5.41, 5.74) is 2.00. The first-order valence-electron chi connectivity index (χ1n) is 10.6. The maximum Gasteiger partial charge on any atom is 0.126 e. The number of benzene rings is 2. The van der Waals surface area contributed by atoms with Crippen molar-refractivity contribution in [2.75, 3.05) is 28.3 Å². The number of halogens is 2. The molecule has 0 spiro atoms. The van der Waals surface area contributed by atoms with Gasteiger partial charge in [0.15, 0.2) is 0 Å². The molecule has 0 radical (unpaired) electrons. The zero-order chi connectivity index (χ0) is 21.5. The molecule has 0 amide bonds. The quantitative estimate of drug-likeness (QED) is 0.608. The predicted octanol–water partition coefficient (Wildman–Crippen LogP) is 5.43. The Hall–Kier alpha value is -2.40. The van der Waals surface area contributed by atoms with Crippen LogP contribution in [0.3, 0.4) is 0 Å². The summed E-state index contributed by atoms with van der Waals surface area (Å²) in [6, 6.07) is 10.2. The minimum atomic E-state index is -0.353. The number of quaternary nitrogens is 1. The summed E-state index contributed by atoms with van der Waals surface area (Å²) in [5.74, 6) is 0.750. The van der Waals surface area contributed by atoms with Crippen molar-refractivity contribution in [3.05, 3.63) is 65.2 Å². The average Bonchev–Trinajstić information content (AvgIpc) is 2.88. The van der Waals surface area contributed by atoms with Gasteiger partial charge in [-0.1, -0.05) is 6.08 Å². The van der Waals surface area contributed by atoms with E-state index in [0.717, 1.165) is 22.9 Å². The van der Waals surface area contributed by atoms with Crippen LogP contribution in [0, 0.1) is 17.6 Å². The summed E-state index contributed by atoms with van der Waals surface area (Å²) in [7, 11) is 7.79. The van der Waals surface area contributed by atoms with Gasteiger partial charge in [-0.15, -0.1) is 0 Å². The van der Waals surface area contributed by atoms with Crippen LogP contribution in [-0.2, 0) is 0 Å². The van der Waals surface area contributed by atoms with Crippen molar-refractivity contribution in [1.29, 1.82) is 0 Å². The average molecular weight is 415 g/mol. The fourth-order valence-electron chi connectivity index (χ4n) is 5.40. The lowest BCUT2D eigenvalue weighted by Gasteiger charge is -2.44. The van der Waals surface area contributed by atoms with Gasteiger partial charge >= 0.3 is 0 Å². The van der Waals surface area contributed by atoms with E-state index < -0.39 is 0 Å². The van der Waals surface area contributed by atoms with Gasteiger partial charge in [0.1, 0.15) is 23.1 Å². The molecule has 160 valence electrons. The molecule has 2 aliphatic rings. The number of hydrogen-bond acceptors (Lipinski definition) is 2. The van der Waals surface area contributed by atoms with E-state index in [2.05, 4.69) is 20.2 Å². The number of rotatable bonds is 5. The molecule has 2 aromatic rings. The zero-order valence-electron chi connectivity index (χ0n) is 18.1. The van der Waals surface area contributed by atoms with Gasteiger partial charge in [0, 0.05) is 36.8 Å². The van der Waals surface area contributed by atoms with Crippen LogP contribution >= 0.6 is 0 Å². The largest absolute Gasteiger partial charge is 0.496 e. The van der Waals surface area contributed by atoms with Gasteiger partial charge in [0.25, 0.3) is 0 Å². The first-order valence-corrected chi connectivity index (χ1v) is 10.6. The zero-order valence-corrected chi connectivity index (χ0v) is 18.1. The molecule has 2 fully saturated rings. The van der Waals surface area contributed by atoms with Gasteiger partial charge in [-0.05, 0) is 47.9 Å². The van der Waals surface area contributed by atoms with Crippen LogP contribution in [-0.4, -0.2) is 44.9 Å². The molecule has 3 nitrogen and oxygen atoms in total. The molecule has 5 heteroatoms. The molecule has 2 aromatic carbocycles. The molecule has 30 heavy (non-hydrogen) atoms. The van der Waals surface area contributed by atoms with Gasteiger partial charge in [0.2, 0.25) is 0 Å². The van der Waals surface area contributed by atoms with E-state index >= 15 is 0 Å². The fourth-order valence-corrected chi connectivity index (χ4v) is 5.40. The molecule has 2 atom stereocenters. The van der Waals surface area contributed by atoms with Gasteiger partial charge in [-0.25, -0.2) is 8.78 Å². The van der Waals surface area contributed by atoms with E-state index in [1.807, 2.05) is 0 Å². The van der Waals surface area contributed by atoms with Crippen molar-refractivity contribution in [3.8, 4) is 11.5 Å². The van der Waals surface area contributed by atoms with Crippen LogP contribution in [0.2, 0.25) is 0 Å². The Kier molecular flexibility index (Phi) is 5.58. The van der Waals surface area contributed by atoms with E-state index in [1.54, 1.807) is 26.4 Å². The summed E-state index contributed by atoms with van der Waals surface area (Å²) in [5, 5.41) is 0. The summed E-state index contributed by atoms with van der Waals surface area (Å²) in [6.45, 7) is 0. The second-order valence-electron chi connectivity index (χ2n) is 9.02. The van der Waals surface area contributed by atoms with Crippen molar-refractivity contribution in [2.24, 2.45) is 5.92 Å². The summed E-state index contributed by atoms with van der Waals surface area (Å²) in [4.78, 5) is 0. The first kappa shape index (κ1) is 20.9. The smallest absolute Gasteiger partial charge is 0.126 e. The third kappa shape index (κ3) is 3.71. The van der Waals surface area contributed by atoms with Crippen LogP contribution in [0.1, 0.15) is 36.8 Å². The van der Waals surface area contributed by atoms with Gasteiger partial charge in [0.05, 0.1) is 40.4 Å². The number of ether oxygens (including phenoxy) is 2. The van der Waals surface area contributed by atoms with Crippen LogP contribution in [0.4, 0.5) is 8.78 Å². The molecule has 0 N–H and O–H groups in total. The molecule has 0 saturated carbocycles. The molecule has 0 aliphatic carbocycles. The SMILES string of the molecule is COc1ccc(F)cc1C(=CC1CC2CCC(C1)[N+]2(C)C)c1cc(F)ccc1OC. The minimum Gasteiger partial charge on any atom is -0.496 e. The van der Waals surface area contributed by atoms with Crippen LogP contribution in [0.25, 0.3) is 5.57 Å². The molecule has 2 aliphatic heterocycles. The highest BCUT2D eigenvalue weighted by molar-refractivity contribution is 5.85. The molecule has 2 saturated heterocycles. The van der Waals surface area contributed by atoms with E-state index in [1.165, 1.54) is 37.1 Å². The van der Waals surface area contributed by atoms with Crippen molar-refractivity contribution in [3.63, 3.8) is 0 Å².